The van der Waals surface area contributed by atoms with E-state index in [0.29, 0.717) is 12.0 Å². The van der Waals surface area contributed by atoms with Gasteiger partial charge in [-0.2, -0.15) is 0 Å². The number of aromatic nitrogens is 1. The molecule has 9 heteroatoms. The van der Waals surface area contributed by atoms with E-state index in [1.165, 1.54) is 66.0 Å². The SMILES string of the molecule is O=C(CCCCCCCCCCC[P+](c1ccccc1)(c1ccccc1)c1ccccn1)N[C@H](CO)[C@H](O)c1ccc([N+](=O)[O-])cc1. The second-order valence-electron chi connectivity index (χ2n) is 12.0. The Morgan fingerprint density at radius 1 is 0.745 bits per heavy atom. The van der Waals surface area contributed by atoms with Gasteiger partial charge < -0.3 is 15.5 Å². The number of pyridine rings is 1. The van der Waals surface area contributed by atoms with Gasteiger partial charge in [0.25, 0.3) is 5.69 Å². The Kier molecular flexibility index (Phi) is 14.5. The van der Waals surface area contributed by atoms with E-state index in [1.807, 2.05) is 12.3 Å². The molecule has 3 N–H and O–H groups in total. The molecule has 0 saturated heterocycles. The largest absolute Gasteiger partial charge is 0.394 e. The molecule has 0 radical (unpaired) electrons. The van der Waals surface area contributed by atoms with Crippen molar-refractivity contribution >= 4 is 34.9 Å². The number of benzene rings is 3. The number of nitrogens with zero attached hydrogens (tertiary/aromatic N) is 2. The number of carbonyl (C=O) groups excluding carboxylic acids is 1. The molecule has 4 rings (SSSR count). The zero-order valence-electron chi connectivity index (χ0n) is 27.0. The van der Waals surface area contributed by atoms with Crippen molar-refractivity contribution in [3.05, 3.63) is 125 Å². The number of amides is 1. The average molecular weight is 657 g/mol. The van der Waals surface area contributed by atoms with Gasteiger partial charge in [-0.3, -0.25) is 14.9 Å². The highest BCUT2D eigenvalue weighted by Gasteiger charge is 2.46. The van der Waals surface area contributed by atoms with Crippen LogP contribution in [-0.2, 0) is 4.79 Å². The second kappa shape index (κ2) is 19.0. The molecule has 0 unspecified atom stereocenters. The second-order valence-corrected chi connectivity index (χ2v) is 15.5. The van der Waals surface area contributed by atoms with Gasteiger partial charge in [-0.25, -0.2) is 4.98 Å². The minimum atomic E-state index is -1.87. The highest BCUT2D eigenvalue weighted by atomic mass is 31.2. The third-order valence-corrected chi connectivity index (χ3v) is 13.1. The van der Waals surface area contributed by atoms with Gasteiger partial charge in [-0.05, 0) is 67.3 Å². The van der Waals surface area contributed by atoms with Gasteiger partial charge in [0.2, 0.25) is 5.91 Å². The van der Waals surface area contributed by atoms with Crippen LogP contribution in [0.25, 0.3) is 0 Å². The van der Waals surface area contributed by atoms with Gasteiger partial charge >= 0.3 is 0 Å². The van der Waals surface area contributed by atoms with Crippen molar-refractivity contribution in [1.29, 1.82) is 0 Å². The number of nitrogens with one attached hydrogen (secondary N) is 1. The van der Waals surface area contributed by atoms with Crippen molar-refractivity contribution in [2.75, 3.05) is 12.8 Å². The molecular weight excluding hydrogens is 609 g/mol. The topological polar surface area (TPSA) is 126 Å². The van der Waals surface area contributed by atoms with Crippen LogP contribution in [0.15, 0.2) is 109 Å². The molecule has 3 aromatic carbocycles. The third-order valence-electron chi connectivity index (χ3n) is 8.70. The van der Waals surface area contributed by atoms with Crippen LogP contribution in [0.3, 0.4) is 0 Å². The molecule has 8 nitrogen and oxygen atoms in total. The number of rotatable bonds is 20. The van der Waals surface area contributed by atoms with Crippen LogP contribution < -0.4 is 21.4 Å². The van der Waals surface area contributed by atoms with Crippen molar-refractivity contribution in [1.82, 2.24) is 10.3 Å². The highest BCUT2D eigenvalue weighted by molar-refractivity contribution is 7.95. The van der Waals surface area contributed by atoms with E-state index in [9.17, 15) is 25.1 Å². The molecule has 1 aromatic heterocycles. The lowest BCUT2D eigenvalue weighted by molar-refractivity contribution is -0.384. The third kappa shape index (κ3) is 10.3. The smallest absolute Gasteiger partial charge is 0.269 e. The Morgan fingerprint density at radius 2 is 1.28 bits per heavy atom. The summed E-state index contributed by atoms with van der Waals surface area (Å²) in [6.07, 6.45) is 12.0. The lowest BCUT2D eigenvalue weighted by Crippen LogP contribution is -2.41. The molecule has 0 aliphatic rings. The Hall–Kier alpha value is -3.97. The fourth-order valence-electron chi connectivity index (χ4n) is 6.13. The number of aliphatic hydroxyl groups excluding tert-OH is 2. The van der Waals surface area contributed by atoms with Crippen molar-refractivity contribution in [3.63, 3.8) is 0 Å². The van der Waals surface area contributed by atoms with Crippen LogP contribution in [0.1, 0.15) is 75.9 Å². The number of carbonyl (C=O) groups is 1. The summed E-state index contributed by atoms with van der Waals surface area (Å²) in [6.45, 7) is -0.436. The first-order valence-corrected chi connectivity index (χ1v) is 18.7. The van der Waals surface area contributed by atoms with E-state index in [2.05, 4.69) is 78.1 Å². The Morgan fingerprint density at radius 3 is 1.79 bits per heavy atom. The molecule has 0 saturated carbocycles. The van der Waals surface area contributed by atoms with Crippen molar-refractivity contribution in [2.45, 2.75) is 76.4 Å². The number of aliphatic hydroxyl groups is 2. The normalized spacial score (nSPS) is 12.7. The van der Waals surface area contributed by atoms with Gasteiger partial charge in [0.1, 0.15) is 24.0 Å². The molecule has 0 spiro atoms. The number of hydrogen-bond donors (Lipinski definition) is 3. The monoisotopic (exact) mass is 656 g/mol. The fourth-order valence-corrected chi connectivity index (χ4v) is 10.4. The Labute approximate surface area is 278 Å². The maximum absolute atomic E-state index is 12.4. The van der Waals surface area contributed by atoms with Crippen LogP contribution in [-0.4, -0.2) is 44.8 Å². The molecular formula is C38H47N3O5P+. The van der Waals surface area contributed by atoms with E-state index in [0.717, 1.165) is 38.3 Å². The summed E-state index contributed by atoms with van der Waals surface area (Å²) in [6, 6.07) is 32.7. The summed E-state index contributed by atoms with van der Waals surface area (Å²) in [5, 5.41) is 36.6. The maximum Gasteiger partial charge on any atom is 0.269 e. The van der Waals surface area contributed by atoms with Gasteiger partial charge in [-0.15, -0.1) is 0 Å². The minimum Gasteiger partial charge on any atom is -0.394 e. The molecule has 1 heterocycles. The summed E-state index contributed by atoms with van der Waals surface area (Å²) in [5.41, 5.74) is 1.51. The van der Waals surface area contributed by atoms with Gasteiger partial charge in [-0.1, -0.05) is 81.0 Å². The van der Waals surface area contributed by atoms with E-state index < -0.39 is 30.9 Å². The summed E-state index contributed by atoms with van der Waals surface area (Å²) < 4.78 is 0. The van der Waals surface area contributed by atoms with E-state index >= 15 is 0 Å². The zero-order chi connectivity index (χ0) is 33.3. The molecule has 1 amide bonds. The quantitative estimate of drug-likeness (QED) is 0.0438. The molecule has 248 valence electrons. The van der Waals surface area contributed by atoms with Crippen LogP contribution in [0.5, 0.6) is 0 Å². The first-order chi connectivity index (χ1) is 23.0. The fraction of sp³-hybridized carbons (Fsp3) is 0.368. The van der Waals surface area contributed by atoms with E-state index in [1.54, 1.807) is 0 Å². The number of hydrogen-bond acceptors (Lipinski definition) is 6. The van der Waals surface area contributed by atoms with Gasteiger partial charge in [0.15, 0.2) is 5.44 Å². The first-order valence-electron chi connectivity index (χ1n) is 16.7. The van der Waals surface area contributed by atoms with Crippen molar-refractivity contribution in [3.8, 4) is 0 Å². The maximum atomic E-state index is 12.4. The van der Waals surface area contributed by atoms with Crippen LogP contribution in [0, 0.1) is 10.1 Å². The molecule has 0 aliphatic heterocycles. The van der Waals surface area contributed by atoms with Crippen LogP contribution >= 0.6 is 7.26 Å². The standard InChI is InChI=1S/C38H46N3O5P/c42-30-35(38(44)31-24-26-32(27-25-31)41(45)46)40-36(43)22-14-6-4-2-1-3-5-7-17-29-47(33-18-10-8-11-19-33,34-20-12-9-13-21-34)37-23-15-16-28-39-37/h8-13,15-16,18-21,23-28,35,38,42,44H,1-7,14,17,22,29-30H2/p+1/t35-,38-/m1/s1. The van der Waals surface area contributed by atoms with Crippen LogP contribution in [0.2, 0.25) is 0 Å². The summed E-state index contributed by atoms with van der Waals surface area (Å²) in [4.78, 5) is 27.7. The number of non-ortho nitro benzene ring substituents is 1. The summed E-state index contributed by atoms with van der Waals surface area (Å²) in [5.74, 6) is -0.222. The lowest BCUT2D eigenvalue weighted by Gasteiger charge is -2.26. The Balaban J connectivity index is 1.15. The summed E-state index contributed by atoms with van der Waals surface area (Å²) >= 11 is 0. The molecule has 0 aliphatic carbocycles. The van der Waals surface area contributed by atoms with Gasteiger partial charge in [0, 0.05) is 30.8 Å². The minimum absolute atomic E-state index is 0.0860. The molecule has 0 fully saturated rings. The average Bonchev–Trinajstić information content (AvgIpc) is 3.12. The first kappa shape index (κ1) is 35.9. The highest BCUT2D eigenvalue weighted by Crippen LogP contribution is 2.55. The van der Waals surface area contributed by atoms with E-state index in [4.69, 9.17) is 4.98 Å². The Bertz CT molecular complexity index is 1390. The predicted molar refractivity (Wildman–Crippen MR) is 191 cm³/mol. The number of nitro groups is 1. The molecule has 47 heavy (non-hydrogen) atoms. The molecule has 4 aromatic rings. The lowest BCUT2D eigenvalue weighted by atomic mass is 10.0. The summed E-state index contributed by atoms with van der Waals surface area (Å²) in [7, 11) is -1.87. The van der Waals surface area contributed by atoms with Crippen LogP contribution in [0.4, 0.5) is 5.69 Å². The molecule has 0 bridgehead atoms. The zero-order valence-corrected chi connectivity index (χ0v) is 27.9. The van der Waals surface area contributed by atoms with Gasteiger partial charge in [0.05, 0.1) is 23.7 Å². The predicted octanol–water partition coefficient (Wildman–Crippen LogP) is 6.40. The van der Waals surface area contributed by atoms with Crippen molar-refractivity contribution in [2.24, 2.45) is 0 Å². The number of unbranched alkanes of at least 4 members (excludes halogenated alkanes) is 8. The molecule has 2 atom stereocenters. The van der Waals surface area contributed by atoms with Crippen molar-refractivity contribution < 1.29 is 19.9 Å². The van der Waals surface area contributed by atoms with E-state index in [-0.39, 0.29) is 11.6 Å². The number of nitro benzene ring substituents is 1.